The van der Waals surface area contributed by atoms with Gasteiger partial charge in [-0.05, 0) is 115 Å². The highest BCUT2D eigenvalue weighted by Crippen LogP contribution is 2.60. The predicted molar refractivity (Wildman–Crippen MR) is 146 cm³/mol. The van der Waals surface area contributed by atoms with E-state index < -0.39 is 0 Å². The molecule has 4 aliphatic carbocycles. The molecular weight excluding hydrogens is 422 g/mol. The second-order valence-electron chi connectivity index (χ2n) is 11.3. The Labute approximate surface area is 209 Å². The summed E-state index contributed by atoms with van der Waals surface area (Å²) in [6.45, 7) is 0. The van der Waals surface area contributed by atoms with Gasteiger partial charge in [0.2, 0.25) is 0 Å². The first-order chi connectivity index (χ1) is 17.3. The molecule has 1 heteroatoms. The molecule has 0 saturated heterocycles. The Morgan fingerprint density at radius 1 is 0.457 bits per heavy atom. The van der Waals surface area contributed by atoms with Crippen molar-refractivity contribution in [1.82, 2.24) is 0 Å². The van der Waals surface area contributed by atoms with Crippen LogP contribution < -0.4 is 4.90 Å². The van der Waals surface area contributed by atoms with E-state index in [2.05, 4.69) is 114 Å². The lowest BCUT2D eigenvalue weighted by Gasteiger charge is -2.57. The number of rotatable bonds is 5. The maximum Gasteiger partial charge on any atom is 0.0462 e. The van der Waals surface area contributed by atoms with Crippen LogP contribution >= 0.6 is 0 Å². The first-order valence-corrected chi connectivity index (χ1v) is 13.4. The third-order valence-electron chi connectivity index (χ3n) is 9.02. The second-order valence-corrected chi connectivity index (χ2v) is 11.3. The van der Waals surface area contributed by atoms with Crippen LogP contribution in [0.2, 0.25) is 0 Å². The Morgan fingerprint density at radius 2 is 0.857 bits per heavy atom. The van der Waals surface area contributed by atoms with Crippen LogP contribution in [0, 0.1) is 17.8 Å². The highest BCUT2D eigenvalue weighted by atomic mass is 15.1. The minimum atomic E-state index is 0.475. The van der Waals surface area contributed by atoms with E-state index in [9.17, 15) is 0 Å². The number of hydrogen-bond acceptors (Lipinski definition) is 1. The van der Waals surface area contributed by atoms with E-state index in [1.54, 1.807) is 5.56 Å². The molecule has 0 N–H and O–H groups in total. The maximum atomic E-state index is 2.45. The number of nitrogens with zero attached hydrogens (tertiary/aromatic N) is 1. The zero-order valence-electron chi connectivity index (χ0n) is 20.3. The first kappa shape index (κ1) is 21.0. The normalized spacial score (nSPS) is 26.6. The van der Waals surface area contributed by atoms with E-state index in [4.69, 9.17) is 0 Å². The topological polar surface area (TPSA) is 3.24 Å². The van der Waals surface area contributed by atoms with Crippen molar-refractivity contribution in [3.05, 3.63) is 115 Å². The molecule has 4 bridgehead atoms. The lowest BCUT2D eigenvalue weighted by molar-refractivity contribution is -0.00518. The van der Waals surface area contributed by atoms with Crippen LogP contribution in [0.3, 0.4) is 0 Å². The summed E-state index contributed by atoms with van der Waals surface area (Å²) in [6.07, 6.45) is 8.82. The zero-order valence-corrected chi connectivity index (χ0v) is 20.3. The van der Waals surface area contributed by atoms with Crippen molar-refractivity contribution in [2.75, 3.05) is 4.90 Å². The zero-order chi connectivity index (χ0) is 23.2. The van der Waals surface area contributed by atoms with Crippen LogP contribution in [-0.4, -0.2) is 0 Å². The molecule has 174 valence electrons. The smallest absolute Gasteiger partial charge is 0.0462 e. The Balaban J connectivity index is 1.17. The predicted octanol–water partition coefficient (Wildman–Crippen LogP) is 9.29. The van der Waals surface area contributed by atoms with E-state index in [1.807, 2.05) is 0 Å². The number of anilines is 3. The largest absolute Gasteiger partial charge is 0.311 e. The van der Waals surface area contributed by atoms with Gasteiger partial charge < -0.3 is 4.90 Å². The van der Waals surface area contributed by atoms with Gasteiger partial charge in [0.05, 0.1) is 0 Å². The third-order valence-corrected chi connectivity index (χ3v) is 9.02. The van der Waals surface area contributed by atoms with E-state index >= 15 is 0 Å². The molecule has 0 radical (unpaired) electrons. The molecule has 0 aromatic heterocycles. The molecule has 8 rings (SSSR count). The summed E-state index contributed by atoms with van der Waals surface area (Å²) in [5, 5.41) is 0. The molecule has 4 aromatic carbocycles. The van der Waals surface area contributed by atoms with Gasteiger partial charge in [0.1, 0.15) is 0 Å². The summed E-state index contributed by atoms with van der Waals surface area (Å²) in [5.74, 6) is 2.97. The molecule has 0 unspecified atom stereocenters. The van der Waals surface area contributed by atoms with Crippen LogP contribution in [0.5, 0.6) is 0 Å². The van der Waals surface area contributed by atoms with Crippen LogP contribution in [0.4, 0.5) is 17.1 Å². The molecule has 0 atom stereocenters. The van der Waals surface area contributed by atoms with Crippen molar-refractivity contribution in [2.24, 2.45) is 17.8 Å². The fourth-order valence-corrected chi connectivity index (χ4v) is 7.88. The van der Waals surface area contributed by atoms with E-state index in [-0.39, 0.29) is 0 Å². The van der Waals surface area contributed by atoms with Crippen molar-refractivity contribution >= 4 is 17.1 Å². The fraction of sp³-hybridized carbons (Fsp3) is 0.294. The summed E-state index contributed by atoms with van der Waals surface area (Å²) < 4.78 is 0. The first-order valence-electron chi connectivity index (χ1n) is 13.4. The SMILES string of the molecule is c1ccc(N(c2ccccc2)c2ccc(-c3ccc(C45CC6CC(CC(C6)C4)C5)cc3)cc2)cc1. The van der Waals surface area contributed by atoms with Gasteiger partial charge >= 0.3 is 0 Å². The average molecular weight is 456 g/mol. The average Bonchev–Trinajstić information content (AvgIpc) is 2.90. The molecule has 4 aliphatic rings. The van der Waals surface area contributed by atoms with Gasteiger partial charge in [0.15, 0.2) is 0 Å². The Bertz CT molecular complexity index is 1210. The minimum Gasteiger partial charge on any atom is -0.311 e. The molecule has 0 heterocycles. The van der Waals surface area contributed by atoms with Gasteiger partial charge in [-0.25, -0.2) is 0 Å². The summed E-state index contributed by atoms with van der Waals surface area (Å²) in [7, 11) is 0. The highest BCUT2D eigenvalue weighted by Gasteiger charge is 2.51. The summed E-state index contributed by atoms with van der Waals surface area (Å²) in [5.41, 5.74) is 8.21. The molecule has 0 aliphatic heterocycles. The van der Waals surface area contributed by atoms with Gasteiger partial charge in [-0.2, -0.15) is 0 Å². The van der Waals surface area contributed by atoms with Gasteiger partial charge in [-0.1, -0.05) is 72.8 Å². The Hall–Kier alpha value is -3.32. The van der Waals surface area contributed by atoms with Crippen molar-refractivity contribution in [1.29, 1.82) is 0 Å². The van der Waals surface area contributed by atoms with Crippen molar-refractivity contribution in [2.45, 2.75) is 43.9 Å². The van der Waals surface area contributed by atoms with Gasteiger partial charge in [0.25, 0.3) is 0 Å². The van der Waals surface area contributed by atoms with Crippen LogP contribution in [0.1, 0.15) is 44.1 Å². The van der Waals surface area contributed by atoms with E-state index in [0.717, 1.165) is 17.8 Å². The summed E-state index contributed by atoms with van der Waals surface area (Å²) in [4.78, 5) is 2.32. The van der Waals surface area contributed by atoms with Crippen molar-refractivity contribution in [3.8, 4) is 11.1 Å². The van der Waals surface area contributed by atoms with Crippen molar-refractivity contribution in [3.63, 3.8) is 0 Å². The van der Waals surface area contributed by atoms with Crippen molar-refractivity contribution < 1.29 is 0 Å². The van der Waals surface area contributed by atoms with E-state index in [1.165, 1.54) is 66.7 Å². The Kier molecular flexibility index (Phi) is 5.05. The van der Waals surface area contributed by atoms with Gasteiger partial charge in [-0.15, -0.1) is 0 Å². The molecule has 4 fully saturated rings. The van der Waals surface area contributed by atoms with Crippen LogP contribution in [0.25, 0.3) is 11.1 Å². The molecular formula is C34H33N. The van der Waals surface area contributed by atoms with Gasteiger partial charge in [0, 0.05) is 17.1 Å². The van der Waals surface area contributed by atoms with E-state index in [0.29, 0.717) is 5.41 Å². The standard InChI is InChI=1S/C34H33N/c1-3-7-31(8-4-1)35(32-9-5-2-6-10-32)33-17-13-29(14-18-33)28-11-15-30(16-12-28)34-22-25-19-26(23-34)21-27(20-25)24-34/h1-18,25-27H,19-24H2. The lowest BCUT2D eigenvalue weighted by Crippen LogP contribution is -2.48. The molecule has 35 heavy (non-hydrogen) atoms. The minimum absolute atomic E-state index is 0.475. The summed E-state index contributed by atoms with van der Waals surface area (Å²) >= 11 is 0. The number of benzene rings is 4. The molecule has 1 nitrogen and oxygen atoms in total. The molecule has 4 aromatic rings. The molecule has 0 amide bonds. The monoisotopic (exact) mass is 455 g/mol. The summed E-state index contributed by atoms with van der Waals surface area (Å²) in [6, 6.07) is 39.9. The molecule has 0 spiro atoms. The number of hydrogen-bond donors (Lipinski definition) is 0. The van der Waals surface area contributed by atoms with Crippen LogP contribution in [0.15, 0.2) is 109 Å². The molecule has 4 saturated carbocycles. The third kappa shape index (κ3) is 3.78. The Morgan fingerprint density at radius 3 is 1.31 bits per heavy atom. The lowest BCUT2D eigenvalue weighted by atomic mass is 9.48. The second kappa shape index (κ2) is 8.41. The van der Waals surface area contributed by atoms with Crippen LogP contribution in [-0.2, 0) is 5.41 Å². The highest BCUT2D eigenvalue weighted by molar-refractivity contribution is 5.78. The van der Waals surface area contributed by atoms with Gasteiger partial charge in [-0.3, -0.25) is 0 Å². The maximum absolute atomic E-state index is 2.45. The number of para-hydroxylation sites is 2. The quantitative estimate of drug-likeness (QED) is 0.290. The fourth-order valence-electron chi connectivity index (χ4n) is 7.88.